The van der Waals surface area contributed by atoms with Crippen molar-refractivity contribution in [2.75, 3.05) is 19.8 Å². The molecular weight excluding hydrogens is 683 g/mol. The molecular formula is C40H55F5N2O5. The fourth-order valence-corrected chi connectivity index (χ4v) is 10.2. The summed E-state index contributed by atoms with van der Waals surface area (Å²) >= 11 is 0. The van der Waals surface area contributed by atoms with Crippen LogP contribution in [0.4, 0.5) is 22.0 Å². The summed E-state index contributed by atoms with van der Waals surface area (Å²) < 4.78 is 85.5. The van der Waals surface area contributed by atoms with E-state index in [4.69, 9.17) is 9.47 Å². The molecule has 52 heavy (non-hydrogen) atoms. The van der Waals surface area contributed by atoms with Gasteiger partial charge in [0.2, 0.25) is 0 Å². The molecule has 1 heterocycles. The number of carbonyl (C=O) groups is 1. The lowest BCUT2D eigenvalue weighted by atomic mass is 9.49. The van der Waals surface area contributed by atoms with Crippen molar-refractivity contribution in [2.45, 2.75) is 140 Å². The van der Waals surface area contributed by atoms with E-state index in [0.717, 1.165) is 28.7 Å². The van der Waals surface area contributed by atoms with Crippen molar-refractivity contribution in [3.8, 4) is 0 Å². The Bertz CT molecular complexity index is 1550. The number of nitrogens with one attached hydrogen (secondary N) is 2. The Morgan fingerprint density at radius 3 is 2.27 bits per heavy atom. The van der Waals surface area contributed by atoms with Crippen LogP contribution >= 0.6 is 0 Å². The fourth-order valence-electron chi connectivity index (χ4n) is 10.2. The van der Waals surface area contributed by atoms with Gasteiger partial charge in [-0.2, -0.15) is 22.0 Å². The second kappa shape index (κ2) is 13.6. The monoisotopic (exact) mass is 738 g/mol. The van der Waals surface area contributed by atoms with Crippen LogP contribution in [0.1, 0.15) is 115 Å². The van der Waals surface area contributed by atoms with E-state index >= 15 is 8.78 Å². The SMILES string of the molecule is C=C(NCCC(=O)CCC)NCc1ccc([C@H]2CC3(C)C(CC[C@@]3(O)C(F)(F)C(F)(F)F)C3CCC4(O)CC5(CCC4=C32)OCC(C)(C)CO5)cc1. The Balaban J connectivity index is 1.31. The van der Waals surface area contributed by atoms with Crippen LogP contribution in [0.5, 0.6) is 0 Å². The van der Waals surface area contributed by atoms with Gasteiger partial charge in [-0.25, -0.2) is 0 Å². The standard InChI is InChI=1S/C40H55F5N2O5/c1-6-7-28(48)15-19-46-25(2)47-21-26-8-10-27(11-9-26)30-20-35(5)31(14-18-38(35,50)39(41,42)40(43,44)45)29-12-16-36(49)22-37(17-13-32(36)33(29)30)51-23-34(3,4)24-52-37/h8-11,29-31,46-47,49-50H,2,6-7,12-24H2,1,3-5H3/t29?,30-,31?,35?,36?,38+/m1/s1. The van der Waals surface area contributed by atoms with Crippen molar-refractivity contribution in [2.24, 2.45) is 22.7 Å². The van der Waals surface area contributed by atoms with Crippen LogP contribution in [0.25, 0.3) is 0 Å². The number of halogens is 5. The van der Waals surface area contributed by atoms with Gasteiger partial charge in [0.15, 0.2) is 5.79 Å². The fraction of sp³-hybridized carbons (Fsp3) is 0.725. The number of alkyl halides is 5. The lowest BCUT2D eigenvalue weighted by molar-refractivity contribution is -0.362. The van der Waals surface area contributed by atoms with Crippen molar-refractivity contribution in [3.63, 3.8) is 0 Å². The van der Waals surface area contributed by atoms with E-state index in [1.807, 2.05) is 31.2 Å². The Labute approximate surface area is 303 Å². The molecule has 1 aromatic carbocycles. The van der Waals surface area contributed by atoms with Crippen molar-refractivity contribution >= 4 is 5.78 Å². The lowest BCUT2D eigenvalue weighted by Crippen LogP contribution is -2.65. The zero-order valence-electron chi connectivity index (χ0n) is 30.9. The molecule has 0 bridgehead atoms. The van der Waals surface area contributed by atoms with Gasteiger partial charge in [0, 0.05) is 55.5 Å². The highest BCUT2D eigenvalue weighted by atomic mass is 19.4. The number of hydrogen-bond donors (Lipinski definition) is 4. The molecule has 290 valence electrons. The third kappa shape index (κ3) is 6.72. The molecule has 1 spiro atoms. The summed E-state index contributed by atoms with van der Waals surface area (Å²) in [6.07, 6.45) is -3.04. The summed E-state index contributed by atoms with van der Waals surface area (Å²) in [5, 5.41) is 30.3. The number of benzene rings is 1. The Morgan fingerprint density at radius 2 is 1.63 bits per heavy atom. The quantitative estimate of drug-likeness (QED) is 0.136. The van der Waals surface area contributed by atoms with Gasteiger partial charge in [0.05, 0.1) is 24.6 Å². The third-order valence-corrected chi connectivity index (χ3v) is 13.1. The molecule has 3 saturated carbocycles. The van der Waals surface area contributed by atoms with Gasteiger partial charge in [-0.1, -0.05) is 64.1 Å². The minimum absolute atomic E-state index is 0.0335. The van der Waals surface area contributed by atoms with Crippen LogP contribution < -0.4 is 10.6 Å². The van der Waals surface area contributed by atoms with Crippen molar-refractivity contribution in [1.29, 1.82) is 0 Å². The number of ketones is 1. The molecule has 4 unspecified atom stereocenters. The first-order valence-electron chi connectivity index (χ1n) is 18.9. The van der Waals surface area contributed by atoms with Crippen LogP contribution in [0.3, 0.4) is 0 Å². The van der Waals surface area contributed by atoms with Gasteiger partial charge in [-0.3, -0.25) is 4.79 Å². The molecule has 0 aromatic heterocycles. The number of hydrogen-bond acceptors (Lipinski definition) is 7. The van der Waals surface area contributed by atoms with E-state index in [1.54, 1.807) is 0 Å². The van der Waals surface area contributed by atoms with Gasteiger partial charge in [0.1, 0.15) is 11.4 Å². The molecule has 0 amide bonds. The normalized spacial score (nSPS) is 33.9. The second-order valence-electron chi connectivity index (χ2n) is 17.2. The molecule has 6 atom stereocenters. The molecule has 12 heteroatoms. The highest BCUT2D eigenvalue weighted by molar-refractivity contribution is 5.78. The summed E-state index contributed by atoms with van der Waals surface area (Å²) in [5.41, 5.74) is -3.11. The smallest absolute Gasteiger partial charge is 0.385 e. The predicted octanol–water partition coefficient (Wildman–Crippen LogP) is 7.82. The summed E-state index contributed by atoms with van der Waals surface area (Å²) in [7, 11) is 0. The Morgan fingerprint density at radius 1 is 0.962 bits per heavy atom. The van der Waals surface area contributed by atoms with Crippen LogP contribution in [0.15, 0.2) is 47.8 Å². The average Bonchev–Trinajstić information content (AvgIpc) is 3.35. The van der Waals surface area contributed by atoms with Gasteiger partial charge in [-0.05, 0) is 73.5 Å². The summed E-state index contributed by atoms with van der Waals surface area (Å²) in [4.78, 5) is 11.8. The van der Waals surface area contributed by atoms with Crippen molar-refractivity contribution in [1.82, 2.24) is 10.6 Å². The van der Waals surface area contributed by atoms with E-state index in [2.05, 4.69) is 31.1 Å². The molecule has 7 nitrogen and oxygen atoms in total. The van der Waals surface area contributed by atoms with Crippen LogP contribution in [-0.4, -0.2) is 64.8 Å². The predicted molar refractivity (Wildman–Crippen MR) is 186 cm³/mol. The van der Waals surface area contributed by atoms with E-state index in [1.165, 1.54) is 6.92 Å². The maximum atomic E-state index is 15.4. The van der Waals surface area contributed by atoms with E-state index in [0.29, 0.717) is 70.6 Å². The molecule has 1 saturated heterocycles. The first-order chi connectivity index (χ1) is 24.2. The molecule has 0 radical (unpaired) electrons. The second-order valence-corrected chi connectivity index (χ2v) is 17.2. The molecule has 1 aliphatic heterocycles. The van der Waals surface area contributed by atoms with Gasteiger partial charge in [-0.15, -0.1) is 0 Å². The highest BCUT2D eigenvalue weighted by Crippen LogP contribution is 2.71. The number of ether oxygens (including phenoxy) is 2. The summed E-state index contributed by atoms with van der Waals surface area (Å²) in [6.45, 7) is 13.3. The molecule has 4 fully saturated rings. The van der Waals surface area contributed by atoms with Crippen LogP contribution in [0, 0.1) is 22.7 Å². The third-order valence-electron chi connectivity index (χ3n) is 13.1. The minimum Gasteiger partial charge on any atom is -0.385 e. The topological polar surface area (TPSA) is 100 Å². The molecule has 5 aliphatic rings. The van der Waals surface area contributed by atoms with E-state index < -0.39 is 52.8 Å². The molecule has 4 aliphatic carbocycles. The minimum atomic E-state index is -5.91. The number of aliphatic hydroxyl groups is 2. The first kappa shape index (κ1) is 39.2. The largest absolute Gasteiger partial charge is 0.456 e. The zero-order chi connectivity index (χ0) is 38.0. The van der Waals surface area contributed by atoms with Gasteiger partial charge >= 0.3 is 12.1 Å². The average molecular weight is 739 g/mol. The highest BCUT2D eigenvalue weighted by Gasteiger charge is 2.79. The Kier molecular flexibility index (Phi) is 10.3. The first-order valence-corrected chi connectivity index (χ1v) is 18.9. The van der Waals surface area contributed by atoms with Gasteiger partial charge < -0.3 is 30.3 Å². The molecule has 6 rings (SSSR count). The van der Waals surface area contributed by atoms with E-state index in [-0.39, 0.29) is 36.4 Å². The van der Waals surface area contributed by atoms with Crippen molar-refractivity contribution in [3.05, 3.63) is 58.9 Å². The number of allylic oxidation sites excluding steroid dienone is 1. The number of carbonyl (C=O) groups excluding carboxylic acids is 1. The summed E-state index contributed by atoms with van der Waals surface area (Å²) in [5.74, 6) is -7.09. The van der Waals surface area contributed by atoms with Crippen LogP contribution in [-0.2, 0) is 20.8 Å². The number of Topliss-reactive ketones (excluding diaryl/α,β-unsaturated/α-hetero) is 1. The zero-order valence-corrected chi connectivity index (χ0v) is 30.9. The molecule has 1 aromatic rings. The number of rotatable bonds is 11. The number of fused-ring (bicyclic) bond motifs is 4. The van der Waals surface area contributed by atoms with E-state index in [9.17, 15) is 28.2 Å². The molecule has 4 N–H and O–H groups in total. The summed E-state index contributed by atoms with van der Waals surface area (Å²) in [6, 6.07) is 7.52. The maximum absolute atomic E-state index is 15.4. The lowest BCUT2D eigenvalue weighted by Gasteiger charge is -2.59. The van der Waals surface area contributed by atoms with Crippen LogP contribution in [0.2, 0.25) is 0 Å². The van der Waals surface area contributed by atoms with Gasteiger partial charge in [0.25, 0.3) is 0 Å². The Hall–Kier alpha value is -2.54. The van der Waals surface area contributed by atoms with Crippen molar-refractivity contribution < 1.29 is 46.4 Å². The maximum Gasteiger partial charge on any atom is 0.456 e.